The predicted molar refractivity (Wildman–Crippen MR) is 71.3 cm³/mol. The molecular formula is C14H31NO. The quantitative estimate of drug-likeness (QED) is 0.671. The molecule has 0 heterocycles. The second-order valence-corrected chi connectivity index (χ2v) is 6.05. The van der Waals surface area contributed by atoms with Crippen molar-refractivity contribution < 1.29 is 5.11 Å². The summed E-state index contributed by atoms with van der Waals surface area (Å²) in [6.07, 6.45) is 4.10. The number of aliphatic hydroxyl groups is 1. The maximum Gasteiger partial charge on any atom is 0.0436 e. The summed E-state index contributed by atoms with van der Waals surface area (Å²) in [4.78, 5) is 0. The SMILES string of the molecule is CCC(N)C(CCO)(CC(C)C)CC(C)C. The first-order chi connectivity index (χ1) is 7.38. The van der Waals surface area contributed by atoms with E-state index in [1.54, 1.807) is 0 Å². The molecule has 0 aliphatic heterocycles. The van der Waals surface area contributed by atoms with Crippen LogP contribution in [-0.2, 0) is 0 Å². The van der Waals surface area contributed by atoms with E-state index < -0.39 is 0 Å². The van der Waals surface area contributed by atoms with Gasteiger partial charge in [-0.05, 0) is 42.9 Å². The third kappa shape index (κ3) is 4.84. The predicted octanol–water partition coefficient (Wildman–Crippen LogP) is 3.18. The molecule has 0 bridgehead atoms. The largest absolute Gasteiger partial charge is 0.396 e. The first kappa shape index (κ1) is 15.9. The number of hydrogen-bond donors (Lipinski definition) is 2. The fourth-order valence-electron chi connectivity index (χ4n) is 3.06. The van der Waals surface area contributed by atoms with Crippen molar-refractivity contribution in [1.82, 2.24) is 0 Å². The van der Waals surface area contributed by atoms with Crippen molar-refractivity contribution in [3.8, 4) is 0 Å². The molecule has 0 aliphatic rings. The molecule has 0 amide bonds. The van der Waals surface area contributed by atoms with Gasteiger partial charge < -0.3 is 10.8 Å². The minimum absolute atomic E-state index is 0.131. The Bertz CT molecular complexity index is 168. The van der Waals surface area contributed by atoms with Crippen LogP contribution < -0.4 is 5.73 Å². The van der Waals surface area contributed by atoms with Crippen LogP contribution in [0.5, 0.6) is 0 Å². The van der Waals surface area contributed by atoms with E-state index in [4.69, 9.17) is 5.73 Å². The monoisotopic (exact) mass is 229 g/mol. The van der Waals surface area contributed by atoms with Crippen molar-refractivity contribution in [2.45, 2.75) is 66.3 Å². The fourth-order valence-corrected chi connectivity index (χ4v) is 3.06. The summed E-state index contributed by atoms with van der Waals surface area (Å²) >= 11 is 0. The van der Waals surface area contributed by atoms with Gasteiger partial charge in [0.05, 0.1) is 0 Å². The molecule has 0 radical (unpaired) electrons. The maximum absolute atomic E-state index is 9.32. The van der Waals surface area contributed by atoms with Gasteiger partial charge in [0.15, 0.2) is 0 Å². The lowest BCUT2D eigenvalue weighted by molar-refractivity contribution is 0.0910. The van der Waals surface area contributed by atoms with Gasteiger partial charge in [-0.25, -0.2) is 0 Å². The number of aliphatic hydroxyl groups excluding tert-OH is 1. The highest BCUT2D eigenvalue weighted by Gasteiger charge is 2.36. The Balaban J connectivity index is 4.87. The summed E-state index contributed by atoms with van der Waals surface area (Å²) in [5.74, 6) is 1.28. The van der Waals surface area contributed by atoms with E-state index >= 15 is 0 Å². The van der Waals surface area contributed by atoms with Crippen LogP contribution in [0, 0.1) is 17.3 Å². The summed E-state index contributed by atoms with van der Waals surface area (Å²) in [7, 11) is 0. The standard InChI is InChI=1S/C14H31NO/c1-6-13(15)14(7-8-16,9-11(2)3)10-12(4)5/h11-13,16H,6-10,15H2,1-5H3. The van der Waals surface area contributed by atoms with Crippen LogP contribution in [0.1, 0.15) is 60.3 Å². The van der Waals surface area contributed by atoms with E-state index in [0.29, 0.717) is 11.8 Å². The lowest BCUT2D eigenvalue weighted by Gasteiger charge is -2.41. The Morgan fingerprint density at radius 2 is 1.50 bits per heavy atom. The maximum atomic E-state index is 9.32. The zero-order chi connectivity index (χ0) is 12.8. The second-order valence-electron chi connectivity index (χ2n) is 6.05. The molecule has 0 fully saturated rings. The minimum atomic E-state index is 0.131. The Hall–Kier alpha value is -0.0800. The van der Waals surface area contributed by atoms with E-state index in [-0.39, 0.29) is 18.1 Å². The molecule has 3 N–H and O–H groups in total. The molecular weight excluding hydrogens is 198 g/mol. The van der Waals surface area contributed by atoms with Crippen LogP contribution in [0.3, 0.4) is 0 Å². The normalized spacial score (nSPS) is 14.8. The lowest BCUT2D eigenvalue weighted by Crippen LogP contribution is -2.44. The molecule has 0 rings (SSSR count). The average Bonchev–Trinajstić information content (AvgIpc) is 2.14. The van der Waals surface area contributed by atoms with Gasteiger partial charge >= 0.3 is 0 Å². The number of nitrogens with two attached hydrogens (primary N) is 1. The zero-order valence-corrected chi connectivity index (χ0v) is 11.8. The summed E-state index contributed by atoms with van der Waals surface area (Å²) in [5.41, 5.74) is 6.45. The van der Waals surface area contributed by atoms with E-state index in [1.807, 2.05) is 0 Å². The molecule has 0 saturated heterocycles. The van der Waals surface area contributed by atoms with E-state index in [2.05, 4.69) is 34.6 Å². The minimum Gasteiger partial charge on any atom is -0.396 e. The Kier molecular flexibility index (Phi) is 7.25. The third-order valence-corrected chi connectivity index (χ3v) is 3.47. The van der Waals surface area contributed by atoms with Gasteiger partial charge in [-0.3, -0.25) is 0 Å². The molecule has 16 heavy (non-hydrogen) atoms. The summed E-state index contributed by atoms with van der Waals surface area (Å²) in [5, 5.41) is 9.32. The topological polar surface area (TPSA) is 46.2 Å². The molecule has 1 atom stereocenters. The van der Waals surface area contributed by atoms with Gasteiger partial charge in [0.2, 0.25) is 0 Å². The lowest BCUT2D eigenvalue weighted by atomic mass is 9.67. The van der Waals surface area contributed by atoms with Crippen LogP contribution in [-0.4, -0.2) is 17.8 Å². The highest BCUT2D eigenvalue weighted by molar-refractivity contribution is 4.90. The smallest absolute Gasteiger partial charge is 0.0436 e. The van der Waals surface area contributed by atoms with Crippen molar-refractivity contribution in [3.63, 3.8) is 0 Å². The molecule has 0 aromatic carbocycles. The molecule has 0 aliphatic carbocycles. The Labute approximate surface area is 102 Å². The van der Waals surface area contributed by atoms with Gasteiger partial charge in [0.1, 0.15) is 0 Å². The fraction of sp³-hybridized carbons (Fsp3) is 1.00. The summed E-state index contributed by atoms with van der Waals surface area (Å²) in [6, 6.07) is 0.212. The molecule has 0 aromatic rings. The van der Waals surface area contributed by atoms with Gasteiger partial charge in [-0.15, -0.1) is 0 Å². The second kappa shape index (κ2) is 7.29. The van der Waals surface area contributed by atoms with Gasteiger partial charge in [-0.2, -0.15) is 0 Å². The molecule has 0 saturated carbocycles. The Morgan fingerprint density at radius 1 is 1.06 bits per heavy atom. The van der Waals surface area contributed by atoms with E-state index in [9.17, 15) is 5.11 Å². The van der Waals surface area contributed by atoms with Crippen molar-refractivity contribution in [2.75, 3.05) is 6.61 Å². The van der Waals surface area contributed by atoms with E-state index in [1.165, 1.54) is 0 Å². The highest BCUT2D eigenvalue weighted by atomic mass is 16.3. The van der Waals surface area contributed by atoms with Crippen molar-refractivity contribution >= 4 is 0 Å². The van der Waals surface area contributed by atoms with Gasteiger partial charge in [0, 0.05) is 12.6 Å². The first-order valence-corrected chi connectivity index (χ1v) is 6.74. The summed E-state index contributed by atoms with van der Waals surface area (Å²) < 4.78 is 0. The number of rotatable bonds is 8. The van der Waals surface area contributed by atoms with E-state index in [0.717, 1.165) is 25.7 Å². The first-order valence-electron chi connectivity index (χ1n) is 6.74. The van der Waals surface area contributed by atoms with Gasteiger partial charge in [-0.1, -0.05) is 34.6 Å². The van der Waals surface area contributed by atoms with Crippen molar-refractivity contribution in [3.05, 3.63) is 0 Å². The highest BCUT2D eigenvalue weighted by Crippen LogP contribution is 2.40. The molecule has 2 heteroatoms. The van der Waals surface area contributed by atoms with Crippen LogP contribution in [0.15, 0.2) is 0 Å². The molecule has 2 nitrogen and oxygen atoms in total. The molecule has 0 aromatic heterocycles. The third-order valence-electron chi connectivity index (χ3n) is 3.47. The molecule has 98 valence electrons. The van der Waals surface area contributed by atoms with Crippen molar-refractivity contribution in [1.29, 1.82) is 0 Å². The zero-order valence-electron chi connectivity index (χ0n) is 11.8. The molecule has 0 spiro atoms. The van der Waals surface area contributed by atoms with Crippen molar-refractivity contribution in [2.24, 2.45) is 23.0 Å². The molecule has 1 unspecified atom stereocenters. The number of hydrogen-bond acceptors (Lipinski definition) is 2. The Morgan fingerprint density at radius 3 is 1.75 bits per heavy atom. The van der Waals surface area contributed by atoms with Gasteiger partial charge in [0.25, 0.3) is 0 Å². The van der Waals surface area contributed by atoms with Crippen LogP contribution in [0.2, 0.25) is 0 Å². The van der Waals surface area contributed by atoms with Crippen LogP contribution >= 0.6 is 0 Å². The average molecular weight is 229 g/mol. The summed E-state index contributed by atoms with van der Waals surface area (Å²) in [6.45, 7) is 11.4. The van der Waals surface area contributed by atoms with Crippen LogP contribution in [0.25, 0.3) is 0 Å². The van der Waals surface area contributed by atoms with Crippen LogP contribution in [0.4, 0.5) is 0 Å².